The van der Waals surface area contributed by atoms with Gasteiger partial charge >= 0.3 is 127 Å². The van der Waals surface area contributed by atoms with Gasteiger partial charge in [-0.05, 0) is 0 Å². The first-order valence-electron chi connectivity index (χ1n) is 7.54. The number of hydrogen-bond acceptors (Lipinski definition) is 2. The molecule has 2 rings (SSSR count). The van der Waals surface area contributed by atoms with Crippen LogP contribution in [0, 0.1) is 25.2 Å². The summed E-state index contributed by atoms with van der Waals surface area (Å²) >= 11 is 0. The van der Waals surface area contributed by atoms with Crippen LogP contribution in [0.2, 0.25) is 0 Å². The Morgan fingerprint density at radius 3 is 2.10 bits per heavy atom. The molecule has 0 unspecified atom stereocenters. The van der Waals surface area contributed by atoms with Crippen molar-refractivity contribution in [2.75, 3.05) is 25.3 Å². The van der Waals surface area contributed by atoms with Crippen LogP contribution in [0.15, 0.2) is 12.1 Å². The molecule has 0 atom stereocenters. The van der Waals surface area contributed by atoms with Gasteiger partial charge in [0.2, 0.25) is 0 Å². The number of nitriles is 1. The van der Waals surface area contributed by atoms with Gasteiger partial charge in [-0.1, -0.05) is 0 Å². The summed E-state index contributed by atoms with van der Waals surface area (Å²) in [6.07, 6.45) is 3.19. The molecule has 0 aliphatic heterocycles. The molecule has 21 heavy (non-hydrogen) atoms. The third-order valence-electron chi connectivity index (χ3n) is 4.98. The molecule has 0 heterocycles. The quantitative estimate of drug-likeness (QED) is 0.866. The maximum absolute atomic E-state index is 12.9. The number of aryl methyl sites for hydroxylation is 2. The van der Waals surface area contributed by atoms with E-state index in [1.165, 1.54) is 0 Å². The molecule has 1 amide bonds. The third-order valence-corrected chi connectivity index (χ3v) is 8.58. The predicted octanol–water partition coefficient (Wildman–Crippen LogP) is 3.68. The first kappa shape index (κ1) is 16.0. The molecule has 3 nitrogen and oxygen atoms in total. The van der Waals surface area contributed by atoms with Crippen molar-refractivity contribution in [1.29, 1.82) is 5.26 Å². The summed E-state index contributed by atoms with van der Waals surface area (Å²) in [5.41, 5.74) is 3.45. The molecule has 0 radical (unpaired) electrons. The Morgan fingerprint density at radius 2 is 1.76 bits per heavy atom. The van der Waals surface area contributed by atoms with E-state index in [0.717, 1.165) is 36.1 Å². The monoisotopic (exact) mass is 304 g/mol. The van der Waals surface area contributed by atoms with Crippen molar-refractivity contribution in [3.8, 4) is 6.07 Å². The fourth-order valence-electron chi connectivity index (χ4n) is 3.31. The summed E-state index contributed by atoms with van der Waals surface area (Å²) in [4.78, 5) is 12.9. The van der Waals surface area contributed by atoms with Crippen LogP contribution in [-0.4, -0.2) is 31.1 Å². The van der Waals surface area contributed by atoms with E-state index < -0.39 is 7.26 Å². The van der Waals surface area contributed by atoms with Crippen molar-refractivity contribution < 1.29 is 4.79 Å². The van der Waals surface area contributed by atoms with Crippen LogP contribution in [0.25, 0.3) is 0 Å². The SMILES string of the molecule is Cc1cc(C#N)cc(C)c1NC(=O)C1([PH](C)(C)C)CCC1. The first-order chi connectivity index (χ1) is 9.71. The Hall–Kier alpha value is -1.39. The Labute approximate surface area is 128 Å². The minimum atomic E-state index is -1.56. The van der Waals surface area contributed by atoms with E-state index >= 15 is 0 Å². The molecule has 1 aromatic rings. The number of carbonyl (C=O) groups is 1. The van der Waals surface area contributed by atoms with Gasteiger partial charge in [-0.2, -0.15) is 0 Å². The maximum atomic E-state index is 12.9. The van der Waals surface area contributed by atoms with E-state index in [2.05, 4.69) is 31.4 Å². The number of rotatable bonds is 3. The van der Waals surface area contributed by atoms with E-state index in [1.807, 2.05) is 26.0 Å². The Kier molecular flexibility index (Phi) is 4.13. The second-order valence-electron chi connectivity index (χ2n) is 7.24. The van der Waals surface area contributed by atoms with Crippen LogP contribution >= 0.6 is 7.26 Å². The summed E-state index contributed by atoms with van der Waals surface area (Å²) in [7, 11) is -1.56. The summed E-state index contributed by atoms with van der Waals surface area (Å²) < 4.78 is 0. The first-order valence-corrected chi connectivity index (χ1v) is 11.0. The van der Waals surface area contributed by atoms with E-state index in [-0.39, 0.29) is 11.1 Å². The average Bonchev–Trinajstić information content (AvgIpc) is 2.29. The molecule has 4 heteroatoms. The van der Waals surface area contributed by atoms with Gasteiger partial charge < -0.3 is 0 Å². The molecule has 1 aliphatic rings. The predicted molar refractivity (Wildman–Crippen MR) is 91.9 cm³/mol. The molecule has 0 saturated heterocycles. The van der Waals surface area contributed by atoms with Gasteiger partial charge in [0.05, 0.1) is 0 Å². The number of carbonyl (C=O) groups excluding carboxylic acids is 1. The second-order valence-corrected chi connectivity index (χ2v) is 12.7. The van der Waals surface area contributed by atoms with Crippen molar-refractivity contribution in [2.45, 2.75) is 38.3 Å². The summed E-state index contributed by atoms with van der Waals surface area (Å²) in [5.74, 6) is 0.184. The number of hydrogen-bond donors (Lipinski definition) is 1. The number of amides is 1. The van der Waals surface area contributed by atoms with E-state index in [1.54, 1.807) is 0 Å². The number of benzene rings is 1. The van der Waals surface area contributed by atoms with Crippen LogP contribution in [0.4, 0.5) is 5.69 Å². The normalized spacial score (nSPS) is 17.5. The van der Waals surface area contributed by atoms with Crippen LogP contribution in [0.3, 0.4) is 0 Å². The van der Waals surface area contributed by atoms with Crippen molar-refractivity contribution in [3.05, 3.63) is 28.8 Å². The topological polar surface area (TPSA) is 52.9 Å². The molecule has 0 spiro atoms. The van der Waals surface area contributed by atoms with Crippen LogP contribution < -0.4 is 5.32 Å². The van der Waals surface area contributed by atoms with Crippen molar-refractivity contribution >= 4 is 18.9 Å². The van der Waals surface area contributed by atoms with Gasteiger partial charge in [-0.3, -0.25) is 0 Å². The van der Waals surface area contributed by atoms with Crippen molar-refractivity contribution in [2.24, 2.45) is 0 Å². The van der Waals surface area contributed by atoms with Gasteiger partial charge in [0.1, 0.15) is 0 Å². The fraction of sp³-hybridized carbons (Fsp3) is 0.529. The second kappa shape index (κ2) is 5.43. The molecule has 1 fully saturated rings. The molecule has 0 bridgehead atoms. The van der Waals surface area contributed by atoms with Gasteiger partial charge in [0.15, 0.2) is 0 Å². The van der Waals surface area contributed by atoms with Crippen molar-refractivity contribution in [1.82, 2.24) is 0 Å². The fourth-order valence-corrected chi connectivity index (χ4v) is 5.90. The number of nitrogens with zero attached hydrogens (tertiary/aromatic N) is 1. The Bertz CT molecular complexity index is 596. The standard InChI is InChI=1S/C17H25N2OP/c1-12-9-14(11-18)10-13(2)15(12)19-16(20)17(7-6-8-17)21(3,4)5/h9-10,21H,6-8H2,1-5H3,(H,19,20). The third kappa shape index (κ3) is 2.70. The van der Waals surface area contributed by atoms with Gasteiger partial charge in [0, 0.05) is 0 Å². The summed E-state index contributed by atoms with van der Waals surface area (Å²) in [6.45, 7) is 10.7. The van der Waals surface area contributed by atoms with E-state index in [4.69, 9.17) is 5.26 Å². The Morgan fingerprint density at radius 1 is 1.24 bits per heavy atom. The average molecular weight is 304 g/mol. The zero-order valence-corrected chi connectivity index (χ0v) is 14.6. The zero-order valence-electron chi connectivity index (χ0n) is 13.6. The minimum absolute atomic E-state index is 0.125. The molecule has 1 aromatic carbocycles. The van der Waals surface area contributed by atoms with E-state index in [9.17, 15) is 4.79 Å². The molecule has 114 valence electrons. The zero-order chi connectivity index (χ0) is 15.8. The molecule has 1 N–H and O–H groups in total. The van der Waals surface area contributed by atoms with Crippen LogP contribution in [0.5, 0.6) is 0 Å². The van der Waals surface area contributed by atoms with Gasteiger partial charge in [-0.15, -0.1) is 0 Å². The number of nitrogens with one attached hydrogen (secondary N) is 1. The summed E-state index contributed by atoms with van der Waals surface area (Å²) in [6, 6.07) is 5.84. The van der Waals surface area contributed by atoms with Crippen LogP contribution in [-0.2, 0) is 4.79 Å². The molecule has 1 saturated carbocycles. The molecular formula is C17H25N2OP. The summed E-state index contributed by atoms with van der Waals surface area (Å²) in [5, 5.41) is 12.1. The molecular weight excluding hydrogens is 279 g/mol. The molecule has 1 aliphatic carbocycles. The molecule has 0 aromatic heterocycles. The van der Waals surface area contributed by atoms with Crippen LogP contribution in [0.1, 0.15) is 36.0 Å². The Balaban J connectivity index is 2.31. The number of anilines is 1. The van der Waals surface area contributed by atoms with Crippen molar-refractivity contribution in [3.63, 3.8) is 0 Å². The van der Waals surface area contributed by atoms with Gasteiger partial charge in [-0.25, -0.2) is 0 Å². The van der Waals surface area contributed by atoms with E-state index in [0.29, 0.717) is 5.56 Å². The van der Waals surface area contributed by atoms with Gasteiger partial charge in [0.25, 0.3) is 0 Å².